The first kappa shape index (κ1) is 19.3. The molecule has 29 heavy (non-hydrogen) atoms. The van der Waals surface area contributed by atoms with E-state index in [0.29, 0.717) is 6.42 Å². The van der Waals surface area contributed by atoms with Gasteiger partial charge < -0.3 is 9.88 Å². The first-order valence-electron chi connectivity index (χ1n) is 10.1. The lowest BCUT2D eigenvalue weighted by Crippen LogP contribution is -2.35. The Kier molecular flexibility index (Phi) is 5.42. The van der Waals surface area contributed by atoms with Gasteiger partial charge in [-0.05, 0) is 50.8 Å². The predicted octanol–water partition coefficient (Wildman–Crippen LogP) is 2.14. The summed E-state index contributed by atoms with van der Waals surface area (Å²) in [6, 6.07) is 4.05. The summed E-state index contributed by atoms with van der Waals surface area (Å²) in [5.74, 6) is 1.96. The fraction of sp³-hybridized carbons (Fsp3) is 0.476. The summed E-state index contributed by atoms with van der Waals surface area (Å²) in [4.78, 5) is 16.6. The van der Waals surface area contributed by atoms with E-state index in [9.17, 15) is 4.79 Å². The van der Waals surface area contributed by atoms with Crippen LogP contribution in [0.3, 0.4) is 0 Å². The molecule has 0 aromatic carbocycles. The fourth-order valence-electron chi connectivity index (χ4n) is 4.06. The molecule has 1 aliphatic heterocycles. The van der Waals surface area contributed by atoms with Gasteiger partial charge in [-0.25, -0.2) is 0 Å². The Balaban J connectivity index is 1.35. The van der Waals surface area contributed by atoms with Crippen molar-refractivity contribution in [3.05, 3.63) is 47.3 Å². The third-order valence-electron chi connectivity index (χ3n) is 5.81. The summed E-state index contributed by atoms with van der Waals surface area (Å²) in [7, 11) is 1.94. The van der Waals surface area contributed by atoms with Gasteiger partial charge in [-0.15, -0.1) is 10.2 Å². The average Bonchev–Trinajstić information content (AvgIpc) is 3.15. The SMILES string of the molecule is Cc1nn(C)c(C)c1CCC(=O)NC1CCc2nnc(-c3ccncc3)n2CC1. The molecular formula is C21H27N7O. The van der Waals surface area contributed by atoms with Crippen molar-refractivity contribution in [3.8, 4) is 11.4 Å². The van der Waals surface area contributed by atoms with Crippen molar-refractivity contribution >= 4 is 5.91 Å². The van der Waals surface area contributed by atoms with E-state index >= 15 is 0 Å². The third kappa shape index (κ3) is 4.06. The van der Waals surface area contributed by atoms with Crippen molar-refractivity contribution < 1.29 is 4.79 Å². The second kappa shape index (κ2) is 8.14. The van der Waals surface area contributed by atoms with Gasteiger partial charge in [0.2, 0.25) is 5.91 Å². The molecular weight excluding hydrogens is 366 g/mol. The molecule has 1 atom stereocenters. The van der Waals surface area contributed by atoms with Crippen molar-refractivity contribution in [2.24, 2.45) is 7.05 Å². The van der Waals surface area contributed by atoms with Gasteiger partial charge in [0.05, 0.1) is 5.69 Å². The molecule has 0 saturated carbocycles. The number of carbonyl (C=O) groups excluding carboxylic acids is 1. The van der Waals surface area contributed by atoms with Gasteiger partial charge in [-0.1, -0.05) is 0 Å². The van der Waals surface area contributed by atoms with Crippen molar-refractivity contribution in [3.63, 3.8) is 0 Å². The molecule has 0 radical (unpaired) electrons. The molecule has 3 aromatic heterocycles. The maximum absolute atomic E-state index is 12.5. The lowest BCUT2D eigenvalue weighted by Gasteiger charge is -2.16. The zero-order valence-electron chi connectivity index (χ0n) is 17.2. The van der Waals surface area contributed by atoms with Crippen LogP contribution in [0.1, 0.15) is 42.0 Å². The molecule has 0 saturated heterocycles. The van der Waals surface area contributed by atoms with Gasteiger partial charge in [0, 0.05) is 56.1 Å². The Morgan fingerprint density at radius 1 is 1.21 bits per heavy atom. The van der Waals surface area contributed by atoms with Crippen molar-refractivity contribution in [2.45, 2.75) is 58.5 Å². The van der Waals surface area contributed by atoms with E-state index in [0.717, 1.165) is 60.8 Å². The van der Waals surface area contributed by atoms with E-state index in [1.165, 1.54) is 5.56 Å². The van der Waals surface area contributed by atoms with Crippen LogP contribution in [0.4, 0.5) is 0 Å². The minimum Gasteiger partial charge on any atom is -0.353 e. The van der Waals surface area contributed by atoms with Gasteiger partial charge in [0.1, 0.15) is 5.82 Å². The third-order valence-corrected chi connectivity index (χ3v) is 5.81. The van der Waals surface area contributed by atoms with E-state index in [2.05, 4.69) is 37.1 Å². The number of hydrogen-bond acceptors (Lipinski definition) is 5. The second-order valence-corrected chi connectivity index (χ2v) is 7.69. The number of fused-ring (bicyclic) bond motifs is 1. The number of aromatic nitrogens is 6. The standard InChI is InChI=1S/C21H27N7O/c1-14-18(15(2)27(3)26-14)5-7-20(29)23-17-4-6-19-24-25-21(28(19)13-10-17)16-8-11-22-12-9-16/h8-9,11-12,17H,4-7,10,13H2,1-3H3,(H,23,29). The number of amides is 1. The minimum absolute atomic E-state index is 0.102. The number of nitrogens with one attached hydrogen (secondary N) is 1. The Morgan fingerprint density at radius 3 is 2.72 bits per heavy atom. The van der Waals surface area contributed by atoms with Gasteiger partial charge >= 0.3 is 0 Å². The largest absolute Gasteiger partial charge is 0.353 e. The molecule has 3 aromatic rings. The first-order chi connectivity index (χ1) is 14.0. The highest BCUT2D eigenvalue weighted by Gasteiger charge is 2.22. The maximum atomic E-state index is 12.5. The van der Waals surface area contributed by atoms with Crippen LogP contribution in [-0.4, -0.2) is 41.5 Å². The Labute approximate surface area is 170 Å². The van der Waals surface area contributed by atoms with Crippen LogP contribution in [-0.2, 0) is 31.2 Å². The number of hydrogen-bond donors (Lipinski definition) is 1. The van der Waals surface area contributed by atoms with Crippen molar-refractivity contribution in [1.29, 1.82) is 0 Å². The summed E-state index contributed by atoms with van der Waals surface area (Å²) in [5.41, 5.74) is 4.33. The van der Waals surface area contributed by atoms with Crippen LogP contribution in [0.2, 0.25) is 0 Å². The van der Waals surface area contributed by atoms with Crippen LogP contribution >= 0.6 is 0 Å². The number of pyridine rings is 1. The number of carbonyl (C=O) groups is 1. The summed E-state index contributed by atoms with van der Waals surface area (Å²) >= 11 is 0. The molecule has 0 aliphatic carbocycles. The molecule has 1 unspecified atom stereocenters. The zero-order chi connectivity index (χ0) is 20.4. The highest BCUT2D eigenvalue weighted by Crippen LogP contribution is 2.22. The van der Waals surface area contributed by atoms with Gasteiger partial charge in [-0.3, -0.25) is 14.5 Å². The summed E-state index contributed by atoms with van der Waals surface area (Å²) < 4.78 is 4.05. The zero-order valence-corrected chi connectivity index (χ0v) is 17.2. The quantitative estimate of drug-likeness (QED) is 0.717. The Bertz CT molecular complexity index is 1010. The molecule has 4 heterocycles. The first-order valence-corrected chi connectivity index (χ1v) is 10.1. The molecule has 0 bridgehead atoms. The van der Waals surface area contributed by atoms with Crippen molar-refractivity contribution in [2.75, 3.05) is 0 Å². The Hall–Kier alpha value is -3.03. The molecule has 8 nitrogen and oxygen atoms in total. The van der Waals surface area contributed by atoms with E-state index in [1.54, 1.807) is 12.4 Å². The highest BCUT2D eigenvalue weighted by atomic mass is 16.1. The normalized spacial score (nSPS) is 16.3. The topological polar surface area (TPSA) is 90.5 Å². The summed E-state index contributed by atoms with van der Waals surface area (Å²) in [6.45, 7) is 4.85. The summed E-state index contributed by atoms with van der Waals surface area (Å²) in [5, 5.41) is 16.4. The van der Waals surface area contributed by atoms with Gasteiger partial charge in [0.25, 0.3) is 0 Å². The highest BCUT2D eigenvalue weighted by molar-refractivity contribution is 5.76. The number of aryl methyl sites for hydroxylation is 3. The minimum atomic E-state index is 0.102. The Morgan fingerprint density at radius 2 is 2.00 bits per heavy atom. The molecule has 1 aliphatic rings. The number of nitrogens with zero attached hydrogens (tertiary/aromatic N) is 6. The van der Waals surface area contributed by atoms with Gasteiger partial charge in [-0.2, -0.15) is 5.10 Å². The molecule has 0 fully saturated rings. The molecule has 8 heteroatoms. The molecule has 4 rings (SSSR count). The predicted molar refractivity (Wildman–Crippen MR) is 109 cm³/mol. The molecule has 1 N–H and O–H groups in total. The van der Waals surface area contributed by atoms with Crippen LogP contribution in [0.5, 0.6) is 0 Å². The lowest BCUT2D eigenvalue weighted by atomic mass is 10.1. The van der Waals surface area contributed by atoms with E-state index in [-0.39, 0.29) is 11.9 Å². The van der Waals surface area contributed by atoms with E-state index in [4.69, 9.17) is 0 Å². The van der Waals surface area contributed by atoms with Gasteiger partial charge in [0.15, 0.2) is 5.82 Å². The monoisotopic (exact) mass is 393 g/mol. The van der Waals surface area contributed by atoms with Crippen molar-refractivity contribution in [1.82, 2.24) is 34.8 Å². The molecule has 0 spiro atoms. The van der Waals surface area contributed by atoms with E-state index < -0.39 is 0 Å². The maximum Gasteiger partial charge on any atom is 0.220 e. The number of rotatable bonds is 5. The fourth-order valence-corrected chi connectivity index (χ4v) is 4.06. The van der Waals surface area contributed by atoms with Crippen LogP contribution in [0.25, 0.3) is 11.4 Å². The lowest BCUT2D eigenvalue weighted by molar-refractivity contribution is -0.121. The molecule has 1 amide bonds. The van der Waals surface area contributed by atoms with Crippen LogP contribution in [0, 0.1) is 13.8 Å². The second-order valence-electron chi connectivity index (χ2n) is 7.69. The molecule has 152 valence electrons. The van der Waals surface area contributed by atoms with Crippen LogP contribution < -0.4 is 5.32 Å². The van der Waals surface area contributed by atoms with E-state index in [1.807, 2.05) is 30.8 Å². The van der Waals surface area contributed by atoms with Crippen LogP contribution in [0.15, 0.2) is 24.5 Å². The smallest absolute Gasteiger partial charge is 0.220 e. The summed E-state index contributed by atoms with van der Waals surface area (Å²) in [6.07, 6.45) is 7.31. The average molecular weight is 393 g/mol.